The second-order valence-electron chi connectivity index (χ2n) is 4.36. The summed E-state index contributed by atoms with van der Waals surface area (Å²) in [5.41, 5.74) is 1.56. The first-order valence-electron chi connectivity index (χ1n) is 5.20. The normalized spacial score (nSPS) is 29.0. The molecule has 1 aliphatic rings. The molecule has 0 spiro atoms. The first kappa shape index (κ1) is 9.69. The predicted octanol–water partition coefficient (Wildman–Crippen LogP) is 1.78. The molecule has 0 saturated carbocycles. The quantitative estimate of drug-likeness (QED) is 0.726. The van der Waals surface area contributed by atoms with Crippen molar-refractivity contribution in [3.05, 3.63) is 35.9 Å². The van der Waals surface area contributed by atoms with Gasteiger partial charge in [0.1, 0.15) is 0 Å². The second kappa shape index (κ2) is 3.71. The monoisotopic (exact) mass is 190 g/mol. The van der Waals surface area contributed by atoms with E-state index >= 15 is 0 Å². The second-order valence-corrected chi connectivity index (χ2v) is 4.36. The van der Waals surface area contributed by atoms with E-state index in [1.54, 1.807) is 0 Å². The van der Waals surface area contributed by atoms with Crippen LogP contribution >= 0.6 is 0 Å². The molecule has 1 aliphatic heterocycles. The molecule has 76 valence electrons. The smallest absolute Gasteiger partial charge is 0.0484 e. The third-order valence-corrected chi connectivity index (χ3v) is 3.14. The molecule has 0 radical (unpaired) electrons. The molecule has 1 aromatic rings. The van der Waals surface area contributed by atoms with E-state index in [2.05, 4.69) is 54.5 Å². The summed E-state index contributed by atoms with van der Waals surface area (Å²) >= 11 is 0. The maximum Gasteiger partial charge on any atom is 0.0484 e. The van der Waals surface area contributed by atoms with Gasteiger partial charge in [0.2, 0.25) is 0 Å². The topological polar surface area (TPSA) is 15.3 Å². The minimum absolute atomic E-state index is 0.160. The molecule has 1 N–H and O–H groups in total. The number of nitrogens with one attached hydrogen (secondary N) is 1. The number of rotatable bonds is 1. The van der Waals surface area contributed by atoms with Crippen LogP contribution in [0.3, 0.4) is 0 Å². The van der Waals surface area contributed by atoms with E-state index in [9.17, 15) is 0 Å². The van der Waals surface area contributed by atoms with Crippen molar-refractivity contribution in [1.82, 2.24) is 10.2 Å². The Bertz CT molecular complexity index is 286. The average Bonchev–Trinajstić information content (AvgIpc) is 2.24. The Kier molecular flexibility index (Phi) is 2.57. The summed E-state index contributed by atoms with van der Waals surface area (Å²) in [4.78, 5) is 2.31. The Morgan fingerprint density at radius 3 is 2.57 bits per heavy atom. The van der Waals surface area contributed by atoms with Crippen molar-refractivity contribution in [2.75, 3.05) is 20.3 Å². The van der Waals surface area contributed by atoms with Crippen molar-refractivity contribution in [2.45, 2.75) is 18.9 Å². The summed E-state index contributed by atoms with van der Waals surface area (Å²) < 4.78 is 0. The van der Waals surface area contributed by atoms with Crippen LogP contribution < -0.4 is 5.32 Å². The lowest BCUT2D eigenvalue weighted by Gasteiger charge is -2.39. The van der Waals surface area contributed by atoms with Crippen LogP contribution in [0.15, 0.2) is 30.3 Å². The van der Waals surface area contributed by atoms with Gasteiger partial charge in [0, 0.05) is 18.8 Å². The molecule has 1 saturated heterocycles. The summed E-state index contributed by atoms with van der Waals surface area (Å²) in [6, 6.07) is 10.7. The van der Waals surface area contributed by atoms with Gasteiger partial charge in [0.05, 0.1) is 0 Å². The lowest BCUT2D eigenvalue weighted by molar-refractivity contribution is 0.159. The minimum atomic E-state index is 0.160. The van der Waals surface area contributed by atoms with Crippen LogP contribution in [0, 0.1) is 0 Å². The molecule has 0 unspecified atom stereocenters. The van der Waals surface area contributed by atoms with Crippen LogP contribution in [0.1, 0.15) is 18.9 Å². The Balaban J connectivity index is 2.17. The van der Waals surface area contributed by atoms with Crippen molar-refractivity contribution in [3.8, 4) is 0 Å². The molecule has 2 rings (SSSR count). The Hall–Kier alpha value is -0.860. The van der Waals surface area contributed by atoms with E-state index in [-0.39, 0.29) is 5.54 Å². The van der Waals surface area contributed by atoms with Gasteiger partial charge in [-0.15, -0.1) is 0 Å². The van der Waals surface area contributed by atoms with Crippen molar-refractivity contribution in [1.29, 1.82) is 0 Å². The summed E-state index contributed by atoms with van der Waals surface area (Å²) in [5.74, 6) is 0. The van der Waals surface area contributed by atoms with E-state index in [1.807, 2.05) is 0 Å². The fourth-order valence-corrected chi connectivity index (χ4v) is 1.94. The Morgan fingerprint density at radius 1 is 1.29 bits per heavy atom. The van der Waals surface area contributed by atoms with Crippen molar-refractivity contribution >= 4 is 0 Å². The highest BCUT2D eigenvalue weighted by Gasteiger charge is 2.29. The fourth-order valence-electron chi connectivity index (χ4n) is 1.94. The molecular weight excluding hydrogens is 172 g/mol. The van der Waals surface area contributed by atoms with Gasteiger partial charge in [-0.1, -0.05) is 30.3 Å². The summed E-state index contributed by atoms with van der Waals surface area (Å²) in [7, 11) is 2.15. The third-order valence-electron chi connectivity index (χ3n) is 3.14. The molecule has 14 heavy (non-hydrogen) atoms. The van der Waals surface area contributed by atoms with Crippen LogP contribution in [0.2, 0.25) is 0 Å². The number of hydrogen-bond donors (Lipinski definition) is 1. The lowest BCUT2D eigenvalue weighted by atomic mass is 9.87. The number of nitrogens with zero attached hydrogens (tertiary/aromatic N) is 1. The van der Waals surface area contributed by atoms with Crippen LogP contribution in [0.5, 0.6) is 0 Å². The predicted molar refractivity (Wildman–Crippen MR) is 59.0 cm³/mol. The molecule has 0 aromatic heterocycles. The van der Waals surface area contributed by atoms with E-state index < -0.39 is 0 Å². The largest absolute Gasteiger partial charge is 0.295 e. The standard InChI is InChI=1S/C12H18N2/c1-12(8-9-14(2)10-13-12)11-6-4-3-5-7-11/h3-7,13H,8-10H2,1-2H3/t12-/m1/s1. The maximum absolute atomic E-state index is 3.59. The summed E-state index contributed by atoms with van der Waals surface area (Å²) in [6.07, 6.45) is 1.17. The number of benzene rings is 1. The van der Waals surface area contributed by atoms with Crippen molar-refractivity contribution in [2.24, 2.45) is 0 Å². The van der Waals surface area contributed by atoms with Crippen molar-refractivity contribution < 1.29 is 0 Å². The SMILES string of the molecule is CN1CC[C@](C)(c2ccccc2)NC1. The van der Waals surface area contributed by atoms with Crippen molar-refractivity contribution in [3.63, 3.8) is 0 Å². The molecular formula is C12H18N2. The third kappa shape index (κ3) is 1.81. The Morgan fingerprint density at radius 2 is 2.00 bits per heavy atom. The molecule has 0 aliphatic carbocycles. The summed E-state index contributed by atoms with van der Waals surface area (Å²) in [5, 5.41) is 3.59. The van der Waals surface area contributed by atoms with Crippen LogP contribution in [-0.2, 0) is 5.54 Å². The molecule has 0 bridgehead atoms. The molecule has 1 aromatic carbocycles. The van der Waals surface area contributed by atoms with Crippen LogP contribution in [0.25, 0.3) is 0 Å². The van der Waals surface area contributed by atoms with Gasteiger partial charge in [0.15, 0.2) is 0 Å². The van der Waals surface area contributed by atoms with Gasteiger partial charge in [-0.2, -0.15) is 0 Å². The highest BCUT2D eigenvalue weighted by atomic mass is 15.2. The van der Waals surface area contributed by atoms with Gasteiger partial charge in [0.25, 0.3) is 0 Å². The molecule has 1 atom stereocenters. The van der Waals surface area contributed by atoms with E-state index in [4.69, 9.17) is 0 Å². The summed E-state index contributed by atoms with van der Waals surface area (Å²) in [6.45, 7) is 4.43. The average molecular weight is 190 g/mol. The van der Waals surface area contributed by atoms with Gasteiger partial charge in [-0.05, 0) is 26.0 Å². The van der Waals surface area contributed by atoms with E-state index in [0.29, 0.717) is 0 Å². The van der Waals surface area contributed by atoms with Crippen LogP contribution in [0.4, 0.5) is 0 Å². The van der Waals surface area contributed by atoms with E-state index in [1.165, 1.54) is 18.5 Å². The zero-order valence-corrected chi connectivity index (χ0v) is 8.96. The highest BCUT2D eigenvalue weighted by molar-refractivity contribution is 5.24. The van der Waals surface area contributed by atoms with Gasteiger partial charge in [-0.3, -0.25) is 10.2 Å². The molecule has 0 amide bonds. The minimum Gasteiger partial charge on any atom is -0.295 e. The first-order chi connectivity index (χ1) is 6.71. The van der Waals surface area contributed by atoms with E-state index in [0.717, 1.165) is 6.67 Å². The molecule has 2 nitrogen and oxygen atoms in total. The van der Waals surface area contributed by atoms with Gasteiger partial charge < -0.3 is 0 Å². The zero-order valence-electron chi connectivity index (χ0n) is 8.96. The fraction of sp³-hybridized carbons (Fsp3) is 0.500. The van der Waals surface area contributed by atoms with Crippen LogP contribution in [-0.4, -0.2) is 25.2 Å². The zero-order chi connectivity index (χ0) is 10.0. The maximum atomic E-state index is 3.59. The molecule has 2 heteroatoms. The van der Waals surface area contributed by atoms with Gasteiger partial charge >= 0.3 is 0 Å². The number of hydrogen-bond acceptors (Lipinski definition) is 2. The Labute approximate surface area is 85.9 Å². The molecule has 1 fully saturated rings. The molecule has 1 heterocycles. The van der Waals surface area contributed by atoms with Gasteiger partial charge in [-0.25, -0.2) is 0 Å². The first-order valence-corrected chi connectivity index (χ1v) is 5.20. The lowest BCUT2D eigenvalue weighted by Crippen LogP contribution is -2.51. The highest BCUT2D eigenvalue weighted by Crippen LogP contribution is 2.26.